The van der Waals surface area contributed by atoms with Crippen LogP contribution in [0.3, 0.4) is 0 Å². The zero-order valence-electron chi connectivity index (χ0n) is 9.21. The maximum atomic E-state index is 8.67. The number of anilines is 1. The Kier molecular flexibility index (Phi) is 2.88. The van der Waals surface area contributed by atoms with Gasteiger partial charge >= 0.3 is 0 Å². The number of nitriles is 1. The van der Waals surface area contributed by atoms with E-state index >= 15 is 0 Å². The minimum atomic E-state index is 0.166. The number of hydrogen-bond donors (Lipinski definition) is 1. The summed E-state index contributed by atoms with van der Waals surface area (Å²) in [6.07, 6.45) is 1.60. The Morgan fingerprint density at radius 2 is 2.00 bits per heavy atom. The van der Waals surface area contributed by atoms with Crippen LogP contribution >= 0.6 is 0 Å². The summed E-state index contributed by atoms with van der Waals surface area (Å²) in [4.78, 5) is 7.84. The summed E-state index contributed by atoms with van der Waals surface area (Å²) in [6.45, 7) is 1.83. The normalized spacial score (nSPS) is 9.65. The molecule has 2 rings (SSSR count). The molecular weight excluding hydrogens is 216 g/mol. The van der Waals surface area contributed by atoms with Gasteiger partial charge in [0.2, 0.25) is 11.8 Å². The van der Waals surface area contributed by atoms with Crippen LogP contribution in [0.15, 0.2) is 30.5 Å². The first kappa shape index (κ1) is 10.9. The lowest BCUT2D eigenvalue weighted by atomic mass is 10.2. The van der Waals surface area contributed by atoms with E-state index in [1.165, 1.54) is 0 Å². The first-order valence-corrected chi connectivity index (χ1v) is 4.96. The Bertz CT molecular complexity index is 572. The fourth-order valence-electron chi connectivity index (χ4n) is 1.25. The Hall–Kier alpha value is -2.61. The molecule has 1 aromatic heterocycles. The molecule has 5 nitrogen and oxygen atoms in total. The van der Waals surface area contributed by atoms with E-state index in [2.05, 4.69) is 9.97 Å². The number of benzene rings is 1. The average molecular weight is 226 g/mol. The molecule has 0 amide bonds. The molecule has 17 heavy (non-hydrogen) atoms. The lowest BCUT2D eigenvalue weighted by Gasteiger charge is -2.07. The molecule has 2 N–H and O–H groups in total. The van der Waals surface area contributed by atoms with Crippen molar-refractivity contribution in [3.05, 3.63) is 41.6 Å². The third-order valence-corrected chi connectivity index (χ3v) is 2.14. The summed E-state index contributed by atoms with van der Waals surface area (Å²) in [5.74, 6) is 1.19. The number of aryl methyl sites for hydroxylation is 1. The molecular formula is C12H10N4O. The van der Waals surface area contributed by atoms with Crippen LogP contribution < -0.4 is 10.5 Å². The molecule has 0 aliphatic rings. The van der Waals surface area contributed by atoms with E-state index in [4.69, 9.17) is 15.7 Å². The second kappa shape index (κ2) is 4.49. The highest BCUT2D eigenvalue weighted by Crippen LogP contribution is 2.22. The molecule has 0 saturated carbocycles. The van der Waals surface area contributed by atoms with Gasteiger partial charge in [-0.3, -0.25) is 0 Å². The van der Waals surface area contributed by atoms with E-state index in [1.807, 2.05) is 13.0 Å². The maximum absolute atomic E-state index is 8.67. The van der Waals surface area contributed by atoms with E-state index in [9.17, 15) is 0 Å². The Morgan fingerprint density at radius 3 is 2.65 bits per heavy atom. The summed E-state index contributed by atoms with van der Waals surface area (Å²) < 4.78 is 5.55. The van der Waals surface area contributed by atoms with Gasteiger partial charge in [0.15, 0.2) is 0 Å². The van der Waals surface area contributed by atoms with Crippen molar-refractivity contribution in [1.82, 2.24) is 9.97 Å². The van der Waals surface area contributed by atoms with Gasteiger partial charge < -0.3 is 10.5 Å². The summed E-state index contributed by atoms with van der Waals surface area (Å²) in [7, 11) is 0. The number of hydrogen-bond acceptors (Lipinski definition) is 5. The molecule has 0 radical (unpaired) electrons. The molecule has 1 aromatic carbocycles. The Balaban J connectivity index is 2.25. The van der Waals surface area contributed by atoms with Gasteiger partial charge in [-0.05, 0) is 31.2 Å². The van der Waals surface area contributed by atoms with Crippen LogP contribution in [0.1, 0.15) is 11.1 Å². The number of rotatable bonds is 2. The molecule has 0 atom stereocenters. The van der Waals surface area contributed by atoms with Crippen molar-refractivity contribution >= 4 is 5.95 Å². The van der Waals surface area contributed by atoms with E-state index in [0.717, 1.165) is 5.56 Å². The van der Waals surface area contributed by atoms with E-state index in [0.29, 0.717) is 17.2 Å². The minimum Gasteiger partial charge on any atom is -0.439 e. The summed E-state index contributed by atoms with van der Waals surface area (Å²) in [5.41, 5.74) is 6.86. The van der Waals surface area contributed by atoms with E-state index < -0.39 is 0 Å². The summed E-state index contributed by atoms with van der Waals surface area (Å²) in [5, 5.41) is 8.67. The Morgan fingerprint density at radius 1 is 1.29 bits per heavy atom. The number of aromatic nitrogens is 2. The van der Waals surface area contributed by atoms with E-state index in [-0.39, 0.29) is 5.95 Å². The molecule has 0 fully saturated rings. The van der Waals surface area contributed by atoms with Gasteiger partial charge in [0.25, 0.3) is 0 Å². The lowest BCUT2D eigenvalue weighted by molar-refractivity contribution is 0.458. The largest absolute Gasteiger partial charge is 0.439 e. The van der Waals surface area contributed by atoms with Gasteiger partial charge in [0.1, 0.15) is 5.75 Å². The highest BCUT2D eigenvalue weighted by Gasteiger charge is 2.04. The van der Waals surface area contributed by atoms with Gasteiger partial charge in [0, 0.05) is 11.8 Å². The SMILES string of the molecule is Cc1cnc(N)nc1Oc1ccc(C#N)cc1. The standard InChI is InChI=1S/C12H10N4O/c1-8-7-15-12(14)16-11(8)17-10-4-2-9(6-13)3-5-10/h2-5,7H,1H3,(H2,14,15,16). The topological polar surface area (TPSA) is 84.8 Å². The number of nitrogens with zero attached hydrogens (tertiary/aromatic N) is 3. The molecule has 5 heteroatoms. The molecule has 0 bridgehead atoms. The third kappa shape index (κ3) is 2.49. The first-order valence-electron chi connectivity index (χ1n) is 4.96. The van der Waals surface area contributed by atoms with Crippen molar-refractivity contribution in [2.75, 3.05) is 5.73 Å². The van der Waals surface area contributed by atoms with Crippen molar-refractivity contribution in [2.45, 2.75) is 6.92 Å². The minimum absolute atomic E-state index is 0.166. The maximum Gasteiger partial charge on any atom is 0.226 e. The second-order valence-corrected chi connectivity index (χ2v) is 3.45. The highest BCUT2D eigenvalue weighted by molar-refractivity contribution is 5.38. The van der Waals surface area contributed by atoms with Crippen molar-refractivity contribution in [3.63, 3.8) is 0 Å². The molecule has 0 saturated heterocycles. The van der Waals surface area contributed by atoms with Crippen molar-refractivity contribution in [2.24, 2.45) is 0 Å². The average Bonchev–Trinajstić information content (AvgIpc) is 2.35. The zero-order valence-corrected chi connectivity index (χ0v) is 9.21. The van der Waals surface area contributed by atoms with Crippen LogP contribution in [0.2, 0.25) is 0 Å². The molecule has 0 aliphatic carbocycles. The Labute approximate surface area is 98.5 Å². The zero-order chi connectivity index (χ0) is 12.3. The number of nitrogens with two attached hydrogens (primary N) is 1. The van der Waals surface area contributed by atoms with Crippen LogP contribution in [0.5, 0.6) is 11.6 Å². The van der Waals surface area contributed by atoms with Crippen LogP contribution in [-0.4, -0.2) is 9.97 Å². The van der Waals surface area contributed by atoms with Crippen molar-refractivity contribution in [3.8, 4) is 17.7 Å². The van der Waals surface area contributed by atoms with Crippen molar-refractivity contribution < 1.29 is 4.74 Å². The molecule has 0 spiro atoms. The fraction of sp³-hybridized carbons (Fsp3) is 0.0833. The predicted molar refractivity (Wildman–Crippen MR) is 62.4 cm³/mol. The van der Waals surface area contributed by atoms with Gasteiger partial charge in [0.05, 0.1) is 11.6 Å². The van der Waals surface area contributed by atoms with Gasteiger partial charge in [-0.1, -0.05) is 0 Å². The first-order chi connectivity index (χ1) is 8.19. The molecule has 0 aliphatic heterocycles. The summed E-state index contributed by atoms with van der Waals surface area (Å²) in [6, 6.07) is 8.80. The van der Waals surface area contributed by atoms with Gasteiger partial charge in [-0.15, -0.1) is 0 Å². The van der Waals surface area contributed by atoms with Crippen LogP contribution in [-0.2, 0) is 0 Å². The van der Waals surface area contributed by atoms with Crippen LogP contribution in [0, 0.1) is 18.3 Å². The van der Waals surface area contributed by atoms with Gasteiger partial charge in [-0.25, -0.2) is 4.98 Å². The third-order valence-electron chi connectivity index (χ3n) is 2.14. The molecule has 0 unspecified atom stereocenters. The monoisotopic (exact) mass is 226 g/mol. The fourth-order valence-corrected chi connectivity index (χ4v) is 1.25. The summed E-state index contributed by atoms with van der Waals surface area (Å²) >= 11 is 0. The number of ether oxygens (including phenoxy) is 1. The lowest BCUT2D eigenvalue weighted by Crippen LogP contribution is -1.98. The van der Waals surface area contributed by atoms with Crippen molar-refractivity contribution in [1.29, 1.82) is 5.26 Å². The van der Waals surface area contributed by atoms with Gasteiger partial charge in [-0.2, -0.15) is 10.2 Å². The van der Waals surface area contributed by atoms with Crippen LogP contribution in [0.25, 0.3) is 0 Å². The second-order valence-electron chi connectivity index (χ2n) is 3.45. The smallest absolute Gasteiger partial charge is 0.226 e. The number of nitrogen functional groups attached to an aromatic ring is 1. The predicted octanol–water partition coefficient (Wildman–Crippen LogP) is 2.03. The molecule has 1 heterocycles. The molecule has 2 aromatic rings. The molecule has 84 valence electrons. The van der Waals surface area contributed by atoms with E-state index in [1.54, 1.807) is 30.5 Å². The van der Waals surface area contributed by atoms with Crippen LogP contribution in [0.4, 0.5) is 5.95 Å². The quantitative estimate of drug-likeness (QED) is 0.846. The highest BCUT2D eigenvalue weighted by atomic mass is 16.5.